The van der Waals surface area contributed by atoms with Crippen molar-refractivity contribution in [3.05, 3.63) is 0 Å². The molecular weight excluding hydrogens is 266 g/mol. The van der Waals surface area contributed by atoms with E-state index in [1.54, 1.807) is 8.61 Å². The number of piperidine rings is 1. The second-order valence-corrected chi connectivity index (χ2v) is 7.83. The number of ether oxygens (including phenoxy) is 1. The van der Waals surface area contributed by atoms with Crippen LogP contribution in [0.4, 0.5) is 0 Å². The number of hydrogen-bond acceptors (Lipinski definition) is 4. The van der Waals surface area contributed by atoms with Gasteiger partial charge >= 0.3 is 0 Å². The van der Waals surface area contributed by atoms with Gasteiger partial charge in [0.05, 0.1) is 12.2 Å². The molecule has 0 saturated carbocycles. The van der Waals surface area contributed by atoms with Gasteiger partial charge in [-0.2, -0.15) is 17.0 Å². The largest absolute Gasteiger partial charge is 0.373 e. The summed E-state index contributed by atoms with van der Waals surface area (Å²) >= 11 is 0. The van der Waals surface area contributed by atoms with Crippen LogP contribution in [-0.4, -0.2) is 61.5 Å². The zero-order valence-electron chi connectivity index (χ0n) is 11.8. The zero-order chi connectivity index (χ0) is 14.1. The van der Waals surface area contributed by atoms with E-state index in [1.165, 1.54) is 0 Å². The first kappa shape index (κ1) is 15.2. The minimum atomic E-state index is -3.41. The van der Waals surface area contributed by atoms with Crippen LogP contribution in [0.1, 0.15) is 33.1 Å². The summed E-state index contributed by atoms with van der Waals surface area (Å²) in [6, 6.07) is -0.0512. The van der Waals surface area contributed by atoms with E-state index < -0.39 is 15.8 Å². The van der Waals surface area contributed by atoms with E-state index in [0.29, 0.717) is 32.8 Å². The van der Waals surface area contributed by atoms with Crippen LogP contribution in [0, 0.1) is 0 Å². The van der Waals surface area contributed by atoms with Crippen LogP contribution < -0.4 is 5.73 Å². The molecule has 7 heteroatoms. The molecular formula is C12H25N3O3S. The molecule has 6 nitrogen and oxygen atoms in total. The van der Waals surface area contributed by atoms with Crippen molar-refractivity contribution in [3.63, 3.8) is 0 Å². The molecule has 112 valence electrons. The lowest BCUT2D eigenvalue weighted by atomic mass is 10.1. The third-order valence-corrected chi connectivity index (χ3v) is 5.90. The van der Waals surface area contributed by atoms with Gasteiger partial charge in [0.25, 0.3) is 10.2 Å². The Hall–Kier alpha value is -0.210. The Bertz CT molecular complexity index is 410. The fourth-order valence-electron chi connectivity index (χ4n) is 2.83. The van der Waals surface area contributed by atoms with Crippen molar-refractivity contribution in [2.24, 2.45) is 5.73 Å². The Balaban J connectivity index is 2.16. The molecule has 2 fully saturated rings. The normalized spacial score (nSPS) is 30.4. The van der Waals surface area contributed by atoms with Crippen LogP contribution >= 0.6 is 0 Å². The van der Waals surface area contributed by atoms with E-state index in [1.807, 2.05) is 13.8 Å². The summed E-state index contributed by atoms with van der Waals surface area (Å²) in [6.45, 7) is 6.11. The highest BCUT2D eigenvalue weighted by Crippen LogP contribution is 2.25. The van der Waals surface area contributed by atoms with E-state index in [2.05, 4.69) is 0 Å². The topological polar surface area (TPSA) is 75.9 Å². The van der Waals surface area contributed by atoms with Crippen molar-refractivity contribution >= 4 is 10.2 Å². The van der Waals surface area contributed by atoms with Crippen molar-refractivity contribution in [2.45, 2.75) is 44.8 Å². The maximum absolute atomic E-state index is 12.7. The molecule has 0 aromatic rings. The van der Waals surface area contributed by atoms with Crippen molar-refractivity contribution in [3.8, 4) is 0 Å². The number of morpholine rings is 1. The van der Waals surface area contributed by atoms with Gasteiger partial charge in [-0.05, 0) is 26.7 Å². The smallest absolute Gasteiger partial charge is 0.282 e. The van der Waals surface area contributed by atoms with Gasteiger partial charge in [-0.1, -0.05) is 6.42 Å². The number of hydrogen-bond donors (Lipinski definition) is 1. The van der Waals surface area contributed by atoms with E-state index in [9.17, 15) is 8.42 Å². The van der Waals surface area contributed by atoms with Crippen LogP contribution in [0.25, 0.3) is 0 Å². The molecule has 0 aromatic heterocycles. The molecule has 0 aliphatic carbocycles. The Morgan fingerprint density at radius 1 is 1.32 bits per heavy atom. The van der Waals surface area contributed by atoms with Crippen LogP contribution in [0.2, 0.25) is 0 Å². The van der Waals surface area contributed by atoms with Crippen molar-refractivity contribution in [1.29, 1.82) is 0 Å². The van der Waals surface area contributed by atoms with Gasteiger partial charge in [-0.3, -0.25) is 0 Å². The lowest BCUT2D eigenvalue weighted by molar-refractivity contribution is -0.0656. The van der Waals surface area contributed by atoms with Gasteiger partial charge in [-0.25, -0.2) is 0 Å². The molecule has 0 radical (unpaired) electrons. The fourth-order valence-corrected chi connectivity index (χ4v) is 4.84. The fraction of sp³-hybridized carbons (Fsp3) is 1.00. The lowest BCUT2D eigenvalue weighted by Crippen LogP contribution is -2.58. The summed E-state index contributed by atoms with van der Waals surface area (Å²) in [5, 5.41) is 0. The van der Waals surface area contributed by atoms with Gasteiger partial charge in [0.1, 0.15) is 0 Å². The van der Waals surface area contributed by atoms with Crippen LogP contribution in [0.3, 0.4) is 0 Å². The first-order chi connectivity index (χ1) is 8.87. The quantitative estimate of drug-likeness (QED) is 0.803. The molecule has 1 atom stereocenters. The van der Waals surface area contributed by atoms with Gasteiger partial charge in [0.2, 0.25) is 0 Å². The van der Waals surface area contributed by atoms with Gasteiger partial charge in [0, 0.05) is 32.2 Å². The van der Waals surface area contributed by atoms with E-state index >= 15 is 0 Å². The SMILES string of the molecule is CC1(C)CN(S(=O)(=O)N2CCCCC2CN)CCO1. The second kappa shape index (κ2) is 5.65. The van der Waals surface area contributed by atoms with Crippen molar-refractivity contribution in [1.82, 2.24) is 8.61 Å². The number of rotatable bonds is 3. The van der Waals surface area contributed by atoms with Crippen molar-refractivity contribution < 1.29 is 13.2 Å². The molecule has 2 aliphatic rings. The monoisotopic (exact) mass is 291 g/mol. The molecule has 0 aromatic carbocycles. The van der Waals surface area contributed by atoms with Crippen LogP contribution in [-0.2, 0) is 14.9 Å². The molecule has 2 aliphatic heterocycles. The maximum Gasteiger partial charge on any atom is 0.282 e. The third-order valence-electron chi connectivity index (χ3n) is 3.86. The van der Waals surface area contributed by atoms with Crippen LogP contribution in [0.15, 0.2) is 0 Å². The first-order valence-electron chi connectivity index (χ1n) is 6.98. The van der Waals surface area contributed by atoms with E-state index in [0.717, 1.165) is 19.3 Å². The average Bonchev–Trinajstić information content (AvgIpc) is 2.37. The molecule has 0 bridgehead atoms. The van der Waals surface area contributed by atoms with Gasteiger partial charge in [0.15, 0.2) is 0 Å². The minimum absolute atomic E-state index is 0.0512. The third kappa shape index (κ3) is 3.28. The molecule has 0 amide bonds. The van der Waals surface area contributed by atoms with Crippen LogP contribution in [0.5, 0.6) is 0 Å². The molecule has 2 saturated heterocycles. The van der Waals surface area contributed by atoms with Gasteiger partial charge < -0.3 is 10.5 Å². The minimum Gasteiger partial charge on any atom is -0.373 e. The van der Waals surface area contributed by atoms with Crippen molar-refractivity contribution in [2.75, 3.05) is 32.8 Å². The highest BCUT2D eigenvalue weighted by atomic mass is 32.2. The number of nitrogens with zero attached hydrogens (tertiary/aromatic N) is 2. The summed E-state index contributed by atoms with van der Waals surface area (Å²) in [4.78, 5) is 0. The average molecular weight is 291 g/mol. The highest BCUT2D eigenvalue weighted by molar-refractivity contribution is 7.86. The predicted molar refractivity (Wildman–Crippen MR) is 73.9 cm³/mol. The molecule has 2 N–H and O–H groups in total. The molecule has 19 heavy (non-hydrogen) atoms. The summed E-state index contributed by atoms with van der Waals surface area (Å²) in [5.74, 6) is 0. The summed E-state index contributed by atoms with van der Waals surface area (Å²) in [5.41, 5.74) is 5.31. The number of nitrogens with two attached hydrogens (primary N) is 1. The summed E-state index contributed by atoms with van der Waals surface area (Å²) in [7, 11) is -3.41. The van der Waals surface area contributed by atoms with Gasteiger partial charge in [-0.15, -0.1) is 0 Å². The standard InChI is InChI=1S/C12H25N3O3S/c1-12(2)10-14(7-8-18-12)19(16,17)15-6-4-3-5-11(15)9-13/h11H,3-10,13H2,1-2H3. The summed E-state index contributed by atoms with van der Waals surface area (Å²) < 4.78 is 34.2. The Labute approximate surface area is 116 Å². The molecule has 1 unspecified atom stereocenters. The molecule has 0 spiro atoms. The zero-order valence-corrected chi connectivity index (χ0v) is 12.7. The maximum atomic E-state index is 12.7. The Kier molecular flexibility index (Phi) is 4.52. The highest BCUT2D eigenvalue weighted by Gasteiger charge is 2.40. The molecule has 2 heterocycles. The summed E-state index contributed by atoms with van der Waals surface area (Å²) in [6.07, 6.45) is 2.84. The van der Waals surface area contributed by atoms with E-state index in [4.69, 9.17) is 10.5 Å². The molecule has 2 rings (SSSR count). The second-order valence-electron chi connectivity index (χ2n) is 5.95. The Morgan fingerprint density at radius 2 is 2.05 bits per heavy atom. The Morgan fingerprint density at radius 3 is 2.68 bits per heavy atom. The van der Waals surface area contributed by atoms with E-state index in [-0.39, 0.29) is 6.04 Å². The first-order valence-corrected chi connectivity index (χ1v) is 8.37. The lowest BCUT2D eigenvalue weighted by Gasteiger charge is -2.42. The predicted octanol–water partition coefficient (Wildman–Crippen LogP) is 0.155.